The van der Waals surface area contributed by atoms with E-state index in [1.165, 1.54) is 6.92 Å². The highest BCUT2D eigenvalue weighted by Gasteiger charge is 2.51. The molecule has 14 heavy (non-hydrogen) atoms. The number of methoxy groups -OCH3 is 1. The van der Waals surface area contributed by atoms with Gasteiger partial charge >= 0.3 is 11.9 Å². The Bertz CT molecular complexity index is 196. The predicted octanol–water partition coefficient (Wildman–Crippen LogP) is 1.56. The molecule has 0 aromatic rings. The van der Waals surface area contributed by atoms with Crippen LogP contribution in [0, 0.1) is 0 Å². The van der Waals surface area contributed by atoms with Gasteiger partial charge in [-0.3, -0.25) is 0 Å². The molecule has 0 aliphatic rings. The molecule has 0 aliphatic carbocycles. The summed E-state index contributed by atoms with van der Waals surface area (Å²) in [4.78, 5) is 10.5. The maximum absolute atomic E-state index is 13.0. The Balaban J connectivity index is 4.50. The molecule has 0 rings (SSSR count). The van der Waals surface area contributed by atoms with Crippen molar-refractivity contribution in [1.82, 2.24) is 0 Å². The highest BCUT2D eigenvalue weighted by atomic mass is 19.3. The number of halogens is 3. The third kappa shape index (κ3) is 2.87. The number of carbonyl (C=O) groups is 1. The lowest BCUT2D eigenvalue weighted by Crippen LogP contribution is -2.46. The van der Waals surface area contributed by atoms with Crippen LogP contribution in [-0.2, 0) is 14.3 Å². The van der Waals surface area contributed by atoms with E-state index in [4.69, 9.17) is 0 Å². The van der Waals surface area contributed by atoms with E-state index in [9.17, 15) is 18.0 Å². The molecule has 0 aromatic carbocycles. The molecule has 0 heterocycles. The monoisotopic (exact) mass is 214 g/mol. The minimum atomic E-state index is -3.87. The second-order valence-corrected chi connectivity index (χ2v) is 2.66. The van der Waals surface area contributed by atoms with Crippen LogP contribution in [0.15, 0.2) is 0 Å². The van der Waals surface area contributed by atoms with Gasteiger partial charge in [-0.2, -0.15) is 8.78 Å². The molecule has 2 atom stereocenters. The average molecular weight is 214 g/mol. The van der Waals surface area contributed by atoms with E-state index in [1.54, 1.807) is 0 Å². The summed E-state index contributed by atoms with van der Waals surface area (Å²) in [5, 5.41) is 0. The highest BCUT2D eigenvalue weighted by Crippen LogP contribution is 2.28. The Hall–Kier alpha value is -0.780. The summed E-state index contributed by atoms with van der Waals surface area (Å²) in [6.45, 7) is 2.52. The van der Waals surface area contributed by atoms with Crippen LogP contribution >= 0.6 is 0 Å². The van der Waals surface area contributed by atoms with Crippen LogP contribution in [-0.4, -0.2) is 37.9 Å². The number of hydrogen-bond acceptors (Lipinski definition) is 3. The van der Waals surface area contributed by atoms with Gasteiger partial charge in [0.15, 0.2) is 0 Å². The molecule has 0 unspecified atom stereocenters. The van der Waals surface area contributed by atoms with Crippen molar-refractivity contribution in [2.75, 3.05) is 13.7 Å². The van der Waals surface area contributed by atoms with Crippen LogP contribution in [0.5, 0.6) is 0 Å². The smallest absolute Gasteiger partial charge is 0.347 e. The molecular weight excluding hydrogens is 201 g/mol. The van der Waals surface area contributed by atoms with Gasteiger partial charge in [0.1, 0.15) is 6.10 Å². The second kappa shape index (κ2) is 5.19. The van der Waals surface area contributed by atoms with Gasteiger partial charge in [0.25, 0.3) is 6.17 Å². The average Bonchev–Trinajstić information content (AvgIpc) is 2.15. The lowest BCUT2D eigenvalue weighted by atomic mass is 10.1. The van der Waals surface area contributed by atoms with Crippen molar-refractivity contribution in [2.45, 2.75) is 32.0 Å². The molecule has 3 nitrogen and oxygen atoms in total. The summed E-state index contributed by atoms with van der Waals surface area (Å²) in [6.07, 6.45) is -4.66. The Morgan fingerprint density at radius 3 is 2.36 bits per heavy atom. The van der Waals surface area contributed by atoms with Crippen molar-refractivity contribution in [3.05, 3.63) is 0 Å². The fourth-order valence-electron chi connectivity index (χ4n) is 0.828. The quantitative estimate of drug-likeness (QED) is 0.651. The minimum Gasteiger partial charge on any atom is -0.467 e. The number of ether oxygens (including phenoxy) is 2. The van der Waals surface area contributed by atoms with Crippen LogP contribution in [0.4, 0.5) is 13.2 Å². The van der Waals surface area contributed by atoms with Crippen molar-refractivity contribution >= 4 is 5.97 Å². The molecule has 0 bridgehead atoms. The van der Waals surface area contributed by atoms with E-state index in [0.717, 1.165) is 14.0 Å². The van der Waals surface area contributed by atoms with Crippen molar-refractivity contribution < 1.29 is 27.4 Å². The number of rotatable bonds is 5. The van der Waals surface area contributed by atoms with E-state index in [-0.39, 0.29) is 6.61 Å². The van der Waals surface area contributed by atoms with Crippen LogP contribution in [0.2, 0.25) is 0 Å². The maximum Gasteiger partial charge on any atom is 0.347 e. The van der Waals surface area contributed by atoms with Gasteiger partial charge in [-0.05, 0) is 13.8 Å². The van der Waals surface area contributed by atoms with E-state index in [2.05, 4.69) is 9.47 Å². The molecule has 0 amide bonds. The highest BCUT2D eigenvalue weighted by molar-refractivity contribution is 5.75. The first-order chi connectivity index (χ1) is 6.37. The first-order valence-electron chi connectivity index (χ1n) is 4.09. The fourth-order valence-corrected chi connectivity index (χ4v) is 0.828. The Labute approximate surface area is 80.2 Å². The minimum absolute atomic E-state index is 0.0185. The van der Waals surface area contributed by atoms with Crippen molar-refractivity contribution in [1.29, 1.82) is 0 Å². The van der Waals surface area contributed by atoms with Crippen LogP contribution < -0.4 is 0 Å². The zero-order chi connectivity index (χ0) is 11.4. The summed E-state index contributed by atoms with van der Waals surface area (Å²) in [5.74, 6) is -5.47. The molecule has 0 N–H and O–H groups in total. The van der Waals surface area contributed by atoms with Gasteiger partial charge in [-0.1, -0.05) is 0 Å². The molecule has 0 saturated heterocycles. The van der Waals surface area contributed by atoms with Gasteiger partial charge in [-0.25, -0.2) is 9.18 Å². The van der Waals surface area contributed by atoms with Gasteiger partial charge < -0.3 is 9.47 Å². The molecule has 0 fully saturated rings. The van der Waals surface area contributed by atoms with Crippen LogP contribution in [0.1, 0.15) is 13.8 Å². The molecule has 0 aliphatic heterocycles. The van der Waals surface area contributed by atoms with E-state index in [1.807, 2.05) is 0 Å². The normalized spacial score (nSPS) is 16.1. The number of hydrogen-bond donors (Lipinski definition) is 0. The third-order valence-corrected chi connectivity index (χ3v) is 1.70. The van der Waals surface area contributed by atoms with Gasteiger partial charge in [0.2, 0.25) is 0 Å². The Morgan fingerprint density at radius 1 is 1.50 bits per heavy atom. The Kier molecular flexibility index (Phi) is 4.90. The summed E-state index contributed by atoms with van der Waals surface area (Å²) >= 11 is 0. The largest absolute Gasteiger partial charge is 0.467 e. The third-order valence-electron chi connectivity index (χ3n) is 1.70. The first kappa shape index (κ1) is 13.2. The van der Waals surface area contributed by atoms with Gasteiger partial charge in [0, 0.05) is 6.61 Å². The topological polar surface area (TPSA) is 35.5 Å². The standard InChI is InChI=1S/C8H13F3O3/c1-4-14-5(2)8(10,11)6(9)7(12)13-3/h5-6H,4H2,1-3H3/t5-,6+/m1/s1. The number of carbonyl (C=O) groups excluding carboxylic acids is 1. The maximum atomic E-state index is 13.0. The second-order valence-electron chi connectivity index (χ2n) is 2.66. The van der Waals surface area contributed by atoms with Crippen molar-refractivity contribution in [3.8, 4) is 0 Å². The van der Waals surface area contributed by atoms with E-state index < -0.39 is 24.2 Å². The van der Waals surface area contributed by atoms with Crippen LogP contribution in [0.25, 0.3) is 0 Å². The molecule has 0 saturated carbocycles. The summed E-state index contributed by atoms with van der Waals surface area (Å²) in [5.41, 5.74) is 0. The lowest BCUT2D eigenvalue weighted by Gasteiger charge is -2.24. The summed E-state index contributed by atoms with van der Waals surface area (Å²) in [7, 11) is 0.844. The summed E-state index contributed by atoms with van der Waals surface area (Å²) in [6, 6.07) is 0. The van der Waals surface area contributed by atoms with Gasteiger partial charge in [-0.15, -0.1) is 0 Å². The molecule has 0 spiro atoms. The van der Waals surface area contributed by atoms with Crippen molar-refractivity contribution in [2.24, 2.45) is 0 Å². The predicted molar refractivity (Wildman–Crippen MR) is 42.9 cm³/mol. The number of alkyl halides is 3. The summed E-state index contributed by atoms with van der Waals surface area (Å²) < 4.78 is 47.3. The zero-order valence-electron chi connectivity index (χ0n) is 8.22. The number of esters is 1. The SMILES string of the molecule is CCO[C@H](C)C(F)(F)[C@@H](F)C(=O)OC. The Morgan fingerprint density at radius 2 is 2.00 bits per heavy atom. The molecular formula is C8H13F3O3. The molecule has 0 aromatic heterocycles. The fraction of sp³-hybridized carbons (Fsp3) is 0.875. The molecule has 6 heteroatoms. The molecule has 84 valence electrons. The lowest BCUT2D eigenvalue weighted by molar-refractivity contribution is -0.189. The zero-order valence-corrected chi connectivity index (χ0v) is 8.22. The first-order valence-corrected chi connectivity index (χ1v) is 4.09. The van der Waals surface area contributed by atoms with Crippen LogP contribution in [0.3, 0.4) is 0 Å². The van der Waals surface area contributed by atoms with Crippen molar-refractivity contribution in [3.63, 3.8) is 0 Å². The molecule has 0 radical (unpaired) electrons. The van der Waals surface area contributed by atoms with E-state index in [0.29, 0.717) is 0 Å². The van der Waals surface area contributed by atoms with E-state index >= 15 is 0 Å². The van der Waals surface area contributed by atoms with Gasteiger partial charge in [0.05, 0.1) is 7.11 Å².